The van der Waals surface area contributed by atoms with Gasteiger partial charge in [0.25, 0.3) is 0 Å². The van der Waals surface area contributed by atoms with Crippen LogP contribution < -0.4 is 21.1 Å². The number of nitrogens with two attached hydrogens (primary N) is 1. The molecule has 0 atom stereocenters. The van der Waals surface area contributed by atoms with E-state index in [-0.39, 0.29) is 0 Å². The van der Waals surface area contributed by atoms with E-state index in [1.165, 1.54) is 0 Å². The maximum Gasteiger partial charge on any atom is 0.404 e. The van der Waals surface area contributed by atoms with Gasteiger partial charge in [0, 0.05) is 18.5 Å². The van der Waals surface area contributed by atoms with Crippen molar-refractivity contribution in [3.63, 3.8) is 0 Å². The Hall–Kier alpha value is -3.48. The van der Waals surface area contributed by atoms with E-state index >= 15 is 0 Å². The maximum atomic E-state index is 10.5. The van der Waals surface area contributed by atoms with Gasteiger partial charge in [-0.2, -0.15) is 0 Å². The van der Waals surface area contributed by atoms with Crippen LogP contribution in [0.25, 0.3) is 10.9 Å². The molecule has 146 valence electrons. The van der Waals surface area contributed by atoms with Crippen LogP contribution in [-0.2, 0) is 6.61 Å². The van der Waals surface area contributed by atoms with Gasteiger partial charge in [-0.25, -0.2) is 4.79 Å². The zero-order chi connectivity index (χ0) is 19.8. The standard InChI is InChI=1S/C21H24N4O3/c22-18-13-25-19-9-8-16(28-14-15-6-2-1-3-7-15)12-17(19)20(18)23-10-4-5-11-24-21(26)27/h1-3,6-9,12-13,24H,4-5,10-11,14,22H2,(H,23,25)(H,26,27). The highest BCUT2D eigenvalue weighted by Gasteiger charge is 2.08. The quantitative estimate of drug-likeness (QED) is 0.420. The second kappa shape index (κ2) is 9.45. The Bertz CT molecular complexity index is 932. The lowest BCUT2D eigenvalue weighted by Crippen LogP contribution is -2.22. The SMILES string of the molecule is Nc1cnc2ccc(OCc3ccccc3)cc2c1NCCCCNC(=O)O. The van der Waals surface area contributed by atoms with Gasteiger partial charge in [0.05, 0.1) is 23.1 Å². The Kier molecular flexibility index (Phi) is 6.51. The van der Waals surface area contributed by atoms with Gasteiger partial charge in [0.1, 0.15) is 12.4 Å². The molecule has 0 spiro atoms. The molecular formula is C21H24N4O3. The van der Waals surface area contributed by atoms with Crippen LogP contribution in [0.3, 0.4) is 0 Å². The molecule has 0 radical (unpaired) electrons. The van der Waals surface area contributed by atoms with E-state index in [4.69, 9.17) is 15.6 Å². The molecule has 0 fully saturated rings. The molecular weight excluding hydrogens is 356 g/mol. The second-order valence-corrected chi connectivity index (χ2v) is 6.41. The normalized spacial score (nSPS) is 10.6. The minimum absolute atomic E-state index is 0.432. The first-order valence-electron chi connectivity index (χ1n) is 9.19. The van der Waals surface area contributed by atoms with E-state index in [1.54, 1.807) is 6.20 Å². The summed E-state index contributed by atoms with van der Waals surface area (Å²) in [5.41, 5.74) is 9.44. The average molecular weight is 380 g/mol. The summed E-state index contributed by atoms with van der Waals surface area (Å²) in [7, 11) is 0. The smallest absolute Gasteiger partial charge is 0.404 e. The molecule has 5 N–H and O–H groups in total. The van der Waals surface area contributed by atoms with Gasteiger partial charge in [0.15, 0.2) is 0 Å². The number of fused-ring (bicyclic) bond motifs is 1. The highest BCUT2D eigenvalue weighted by Crippen LogP contribution is 2.31. The molecule has 0 saturated carbocycles. The van der Waals surface area contributed by atoms with Crippen LogP contribution in [0.4, 0.5) is 16.2 Å². The fourth-order valence-electron chi connectivity index (χ4n) is 2.87. The van der Waals surface area contributed by atoms with Crippen LogP contribution in [0, 0.1) is 0 Å². The minimum Gasteiger partial charge on any atom is -0.489 e. The van der Waals surface area contributed by atoms with Crippen LogP contribution in [0.5, 0.6) is 5.75 Å². The molecule has 1 amide bonds. The third kappa shape index (κ3) is 5.26. The number of anilines is 2. The molecule has 3 rings (SSSR count). The molecule has 0 saturated heterocycles. The largest absolute Gasteiger partial charge is 0.489 e. The van der Waals surface area contributed by atoms with Gasteiger partial charge in [-0.1, -0.05) is 30.3 Å². The van der Waals surface area contributed by atoms with Crippen LogP contribution in [0.1, 0.15) is 18.4 Å². The van der Waals surface area contributed by atoms with Crippen molar-refractivity contribution in [3.05, 3.63) is 60.3 Å². The minimum atomic E-state index is -1.000. The number of rotatable bonds is 9. The van der Waals surface area contributed by atoms with Gasteiger partial charge >= 0.3 is 6.09 Å². The molecule has 1 aromatic heterocycles. The molecule has 7 nitrogen and oxygen atoms in total. The van der Waals surface area contributed by atoms with Crippen molar-refractivity contribution < 1.29 is 14.6 Å². The summed E-state index contributed by atoms with van der Waals surface area (Å²) < 4.78 is 5.91. The molecule has 2 aromatic carbocycles. The first kappa shape index (κ1) is 19.3. The Morgan fingerprint density at radius 1 is 1.11 bits per heavy atom. The van der Waals surface area contributed by atoms with Crippen molar-refractivity contribution >= 4 is 28.4 Å². The first-order valence-corrected chi connectivity index (χ1v) is 9.19. The third-order valence-corrected chi connectivity index (χ3v) is 4.30. The van der Waals surface area contributed by atoms with Crippen molar-refractivity contribution in [3.8, 4) is 5.75 Å². The number of pyridine rings is 1. The molecule has 0 aliphatic heterocycles. The Balaban J connectivity index is 1.66. The van der Waals surface area contributed by atoms with Crippen LogP contribution >= 0.6 is 0 Å². The zero-order valence-electron chi connectivity index (χ0n) is 15.5. The second-order valence-electron chi connectivity index (χ2n) is 6.41. The number of unbranched alkanes of at least 4 members (excludes halogenated alkanes) is 1. The van der Waals surface area contributed by atoms with Crippen LogP contribution in [0.2, 0.25) is 0 Å². The highest BCUT2D eigenvalue weighted by atomic mass is 16.5. The molecule has 7 heteroatoms. The van der Waals surface area contributed by atoms with Crippen molar-refractivity contribution in [2.45, 2.75) is 19.4 Å². The average Bonchev–Trinajstić information content (AvgIpc) is 2.70. The number of hydrogen-bond donors (Lipinski definition) is 4. The van der Waals surface area contributed by atoms with Gasteiger partial charge < -0.3 is 26.2 Å². The number of ether oxygens (including phenoxy) is 1. The van der Waals surface area contributed by atoms with Crippen molar-refractivity contribution in [1.29, 1.82) is 0 Å². The number of aromatic nitrogens is 1. The number of carbonyl (C=O) groups is 1. The summed E-state index contributed by atoms with van der Waals surface area (Å²) in [5, 5.41) is 15.2. The number of carboxylic acid groups (broad SMARTS) is 1. The summed E-state index contributed by atoms with van der Waals surface area (Å²) in [6.45, 7) is 1.60. The monoisotopic (exact) mass is 380 g/mol. The van der Waals surface area contributed by atoms with Crippen molar-refractivity contribution in [2.24, 2.45) is 0 Å². The third-order valence-electron chi connectivity index (χ3n) is 4.30. The number of hydrogen-bond acceptors (Lipinski definition) is 5. The summed E-state index contributed by atoms with van der Waals surface area (Å²) in [6, 6.07) is 15.7. The zero-order valence-corrected chi connectivity index (χ0v) is 15.5. The molecule has 1 heterocycles. The molecule has 0 unspecified atom stereocenters. The number of nitrogen functional groups attached to an aromatic ring is 1. The molecule has 0 aliphatic rings. The number of benzene rings is 2. The number of amides is 1. The Labute approximate surface area is 163 Å². The molecule has 0 aliphatic carbocycles. The van der Waals surface area contributed by atoms with Crippen LogP contribution in [0.15, 0.2) is 54.7 Å². The van der Waals surface area contributed by atoms with Gasteiger partial charge in [-0.05, 0) is 36.6 Å². The fourth-order valence-corrected chi connectivity index (χ4v) is 2.87. The fraction of sp³-hybridized carbons (Fsp3) is 0.238. The van der Waals surface area contributed by atoms with Crippen molar-refractivity contribution in [2.75, 3.05) is 24.1 Å². The van der Waals surface area contributed by atoms with Gasteiger partial charge in [-0.15, -0.1) is 0 Å². The number of nitrogens with zero attached hydrogens (tertiary/aromatic N) is 1. The molecule has 28 heavy (non-hydrogen) atoms. The Morgan fingerprint density at radius 2 is 1.89 bits per heavy atom. The first-order chi connectivity index (χ1) is 13.6. The highest BCUT2D eigenvalue weighted by molar-refractivity contribution is 5.97. The lowest BCUT2D eigenvalue weighted by molar-refractivity contribution is 0.194. The Morgan fingerprint density at radius 3 is 2.68 bits per heavy atom. The maximum absolute atomic E-state index is 10.5. The summed E-state index contributed by atoms with van der Waals surface area (Å²) >= 11 is 0. The van der Waals surface area contributed by atoms with Gasteiger partial charge in [0.2, 0.25) is 0 Å². The van der Waals surface area contributed by atoms with E-state index < -0.39 is 6.09 Å². The molecule has 0 bridgehead atoms. The number of nitrogens with one attached hydrogen (secondary N) is 2. The lowest BCUT2D eigenvalue weighted by Gasteiger charge is -2.14. The van der Waals surface area contributed by atoms with Crippen LogP contribution in [-0.4, -0.2) is 29.3 Å². The topological polar surface area (TPSA) is 110 Å². The predicted molar refractivity (Wildman–Crippen MR) is 111 cm³/mol. The van der Waals surface area contributed by atoms with E-state index in [1.807, 2.05) is 48.5 Å². The van der Waals surface area contributed by atoms with E-state index in [0.29, 0.717) is 25.4 Å². The van der Waals surface area contributed by atoms with Crippen molar-refractivity contribution in [1.82, 2.24) is 10.3 Å². The van der Waals surface area contributed by atoms with E-state index in [9.17, 15) is 4.79 Å². The summed E-state index contributed by atoms with van der Waals surface area (Å²) in [6.07, 6.45) is 2.20. The van der Waals surface area contributed by atoms with Gasteiger partial charge in [-0.3, -0.25) is 4.98 Å². The lowest BCUT2D eigenvalue weighted by atomic mass is 10.1. The molecule has 3 aromatic rings. The summed E-state index contributed by atoms with van der Waals surface area (Å²) in [5.74, 6) is 0.748. The van der Waals surface area contributed by atoms with E-state index in [0.717, 1.165) is 40.7 Å². The van der Waals surface area contributed by atoms with E-state index in [2.05, 4.69) is 15.6 Å². The summed E-state index contributed by atoms with van der Waals surface area (Å²) in [4.78, 5) is 14.8. The predicted octanol–water partition coefficient (Wildman–Crippen LogP) is 3.86.